The monoisotopic (exact) mass is 484 g/mol. The van der Waals surface area contributed by atoms with E-state index in [9.17, 15) is 14.7 Å². The summed E-state index contributed by atoms with van der Waals surface area (Å²) in [5, 5.41) is 12.2. The van der Waals surface area contributed by atoms with E-state index < -0.39 is 11.4 Å². The summed E-state index contributed by atoms with van der Waals surface area (Å²) in [4.78, 5) is 37.8. The SMILES string of the molecule is CCCCC1(C(=O)O)C=CC2=C(CN(C(=O)c3cccc4ccccc34)CCN2Cc2cnc[nH]2)C1. The minimum absolute atomic E-state index is 0.0222. The van der Waals surface area contributed by atoms with Crippen LogP contribution in [0, 0.1) is 5.41 Å². The molecule has 0 radical (unpaired) electrons. The minimum Gasteiger partial charge on any atom is -0.481 e. The lowest BCUT2D eigenvalue weighted by Gasteiger charge is -2.34. The number of benzene rings is 2. The van der Waals surface area contributed by atoms with Crippen LogP contribution in [0.15, 0.2) is 78.4 Å². The lowest BCUT2D eigenvalue weighted by molar-refractivity contribution is -0.146. The maximum atomic E-state index is 13.9. The van der Waals surface area contributed by atoms with E-state index in [1.54, 1.807) is 12.5 Å². The van der Waals surface area contributed by atoms with Crippen molar-refractivity contribution in [2.24, 2.45) is 5.41 Å². The standard InChI is InChI=1S/C29H32N4O3/c1-2-3-12-29(28(35)36)13-11-26-22(16-29)18-33(15-14-32(26)19-23-17-30-20-31-23)27(34)25-10-6-8-21-7-4-5-9-24(21)25/h4-11,13,17,20H,2-3,12,14-16,18-19H2,1H3,(H,30,31)(H,35,36). The van der Waals surface area contributed by atoms with Gasteiger partial charge in [-0.15, -0.1) is 0 Å². The number of carboxylic acids is 1. The Balaban J connectivity index is 1.50. The molecule has 2 N–H and O–H groups in total. The first-order chi connectivity index (χ1) is 17.5. The van der Waals surface area contributed by atoms with Gasteiger partial charge in [-0.3, -0.25) is 9.59 Å². The number of hydrogen-bond acceptors (Lipinski definition) is 4. The summed E-state index contributed by atoms with van der Waals surface area (Å²) in [6, 6.07) is 13.8. The van der Waals surface area contributed by atoms with Crippen molar-refractivity contribution in [3.63, 3.8) is 0 Å². The van der Waals surface area contributed by atoms with Crippen LogP contribution in [0.3, 0.4) is 0 Å². The number of unbranched alkanes of at least 4 members (excludes halogenated alkanes) is 1. The number of imidazole rings is 1. The van der Waals surface area contributed by atoms with Gasteiger partial charge in [0.15, 0.2) is 0 Å². The molecule has 1 unspecified atom stereocenters. The van der Waals surface area contributed by atoms with Gasteiger partial charge in [-0.25, -0.2) is 4.98 Å². The zero-order chi connectivity index (χ0) is 25.1. The fourth-order valence-electron chi connectivity index (χ4n) is 5.44. The second-order valence-corrected chi connectivity index (χ2v) is 9.82. The quantitative estimate of drug-likeness (QED) is 0.493. The van der Waals surface area contributed by atoms with Crippen molar-refractivity contribution in [3.05, 3.63) is 89.7 Å². The number of nitrogens with zero attached hydrogens (tertiary/aromatic N) is 3. The molecule has 1 aliphatic heterocycles. The van der Waals surface area contributed by atoms with Gasteiger partial charge in [0.2, 0.25) is 0 Å². The Kier molecular flexibility index (Phi) is 6.63. The molecule has 5 rings (SSSR count). The van der Waals surface area contributed by atoms with Crippen molar-refractivity contribution in [2.75, 3.05) is 19.6 Å². The van der Waals surface area contributed by atoms with Gasteiger partial charge in [0.05, 0.1) is 24.0 Å². The zero-order valence-electron chi connectivity index (χ0n) is 20.6. The van der Waals surface area contributed by atoms with Crippen molar-refractivity contribution in [3.8, 4) is 0 Å². The molecule has 7 nitrogen and oxygen atoms in total. The number of hydrogen-bond donors (Lipinski definition) is 2. The third-order valence-electron chi connectivity index (χ3n) is 7.44. The number of carboxylic acid groups (broad SMARTS) is 1. The number of fused-ring (bicyclic) bond motifs is 1. The number of allylic oxidation sites excluding steroid dienone is 1. The number of aromatic amines is 1. The summed E-state index contributed by atoms with van der Waals surface area (Å²) >= 11 is 0. The van der Waals surface area contributed by atoms with Gasteiger partial charge in [-0.1, -0.05) is 62.2 Å². The minimum atomic E-state index is -0.937. The summed E-state index contributed by atoms with van der Waals surface area (Å²) in [6.07, 6.45) is 10.1. The molecule has 1 atom stereocenters. The number of carbonyl (C=O) groups is 2. The number of rotatable bonds is 7. The van der Waals surface area contributed by atoms with Crippen LogP contribution in [0.4, 0.5) is 0 Å². The van der Waals surface area contributed by atoms with Gasteiger partial charge in [-0.2, -0.15) is 0 Å². The molecule has 7 heteroatoms. The average molecular weight is 485 g/mol. The molecule has 0 fully saturated rings. The van der Waals surface area contributed by atoms with Crippen LogP contribution in [-0.4, -0.2) is 56.4 Å². The number of nitrogens with one attached hydrogen (secondary N) is 1. The molecular weight excluding hydrogens is 452 g/mol. The molecule has 0 spiro atoms. The van der Waals surface area contributed by atoms with E-state index in [0.29, 0.717) is 44.6 Å². The molecule has 36 heavy (non-hydrogen) atoms. The molecule has 0 saturated heterocycles. The van der Waals surface area contributed by atoms with Crippen LogP contribution in [-0.2, 0) is 11.3 Å². The van der Waals surface area contributed by atoms with Crippen LogP contribution in [0.25, 0.3) is 10.8 Å². The summed E-state index contributed by atoms with van der Waals surface area (Å²) in [5.74, 6) is -0.818. The Morgan fingerprint density at radius 2 is 1.97 bits per heavy atom. The number of amides is 1. The van der Waals surface area contributed by atoms with Crippen molar-refractivity contribution >= 4 is 22.6 Å². The largest absolute Gasteiger partial charge is 0.481 e. The van der Waals surface area contributed by atoms with E-state index >= 15 is 0 Å². The first-order valence-corrected chi connectivity index (χ1v) is 12.6. The topological polar surface area (TPSA) is 89.5 Å². The average Bonchev–Trinajstić information content (AvgIpc) is 3.34. The molecule has 1 aliphatic carbocycles. The molecule has 0 bridgehead atoms. The molecule has 1 amide bonds. The highest BCUT2D eigenvalue weighted by Crippen LogP contribution is 2.41. The highest BCUT2D eigenvalue weighted by atomic mass is 16.4. The van der Waals surface area contributed by atoms with Crippen molar-refractivity contribution in [2.45, 2.75) is 39.2 Å². The Morgan fingerprint density at radius 3 is 2.75 bits per heavy atom. The third kappa shape index (κ3) is 4.53. The van der Waals surface area contributed by atoms with Crippen molar-refractivity contribution < 1.29 is 14.7 Å². The van der Waals surface area contributed by atoms with Crippen LogP contribution in [0.1, 0.15) is 48.7 Å². The van der Waals surface area contributed by atoms with Crippen molar-refractivity contribution in [1.82, 2.24) is 19.8 Å². The van der Waals surface area contributed by atoms with E-state index in [1.807, 2.05) is 59.5 Å². The smallest absolute Gasteiger partial charge is 0.313 e. The van der Waals surface area contributed by atoms with Crippen molar-refractivity contribution in [1.29, 1.82) is 0 Å². The molecule has 2 heterocycles. The number of H-pyrrole nitrogens is 1. The van der Waals surface area contributed by atoms with E-state index in [0.717, 1.165) is 40.6 Å². The van der Waals surface area contributed by atoms with Crippen LogP contribution >= 0.6 is 0 Å². The molecule has 0 saturated carbocycles. The molecule has 186 valence electrons. The van der Waals surface area contributed by atoms with Gasteiger partial charge in [0, 0.05) is 37.1 Å². The van der Waals surface area contributed by atoms with E-state index in [4.69, 9.17) is 0 Å². The zero-order valence-corrected chi connectivity index (χ0v) is 20.6. The van der Waals surface area contributed by atoms with Gasteiger partial charge in [0.25, 0.3) is 5.91 Å². The summed E-state index contributed by atoms with van der Waals surface area (Å²) in [5.41, 5.74) is 2.74. The van der Waals surface area contributed by atoms with Crippen LogP contribution in [0.5, 0.6) is 0 Å². The Morgan fingerprint density at radius 1 is 1.14 bits per heavy atom. The summed E-state index contributed by atoms with van der Waals surface area (Å²) in [7, 11) is 0. The maximum Gasteiger partial charge on any atom is 0.313 e. The predicted octanol–water partition coefficient (Wildman–Crippen LogP) is 5.00. The van der Waals surface area contributed by atoms with E-state index in [1.165, 1.54) is 0 Å². The van der Waals surface area contributed by atoms with Gasteiger partial charge < -0.3 is 19.9 Å². The lowest BCUT2D eigenvalue weighted by Crippen LogP contribution is -2.37. The molecule has 2 aliphatic rings. The molecule has 2 aromatic carbocycles. The first-order valence-electron chi connectivity index (χ1n) is 12.6. The highest BCUT2D eigenvalue weighted by molar-refractivity contribution is 6.07. The summed E-state index contributed by atoms with van der Waals surface area (Å²) < 4.78 is 0. The maximum absolute atomic E-state index is 13.9. The van der Waals surface area contributed by atoms with Gasteiger partial charge in [-0.05, 0) is 41.3 Å². The molecule has 1 aromatic heterocycles. The third-order valence-corrected chi connectivity index (χ3v) is 7.44. The van der Waals surface area contributed by atoms with Crippen LogP contribution < -0.4 is 0 Å². The van der Waals surface area contributed by atoms with Crippen LogP contribution in [0.2, 0.25) is 0 Å². The second kappa shape index (κ2) is 10.0. The first kappa shape index (κ1) is 23.9. The number of aliphatic carboxylic acids is 1. The second-order valence-electron chi connectivity index (χ2n) is 9.82. The van der Waals surface area contributed by atoms with E-state index in [-0.39, 0.29) is 5.91 Å². The Bertz CT molecular complexity index is 1320. The van der Waals surface area contributed by atoms with Gasteiger partial charge >= 0.3 is 5.97 Å². The highest BCUT2D eigenvalue weighted by Gasteiger charge is 2.41. The summed E-state index contributed by atoms with van der Waals surface area (Å²) in [6.45, 7) is 4.31. The lowest BCUT2D eigenvalue weighted by atomic mass is 9.73. The number of carbonyl (C=O) groups excluding carboxylic acids is 1. The predicted molar refractivity (Wildman–Crippen MR) is 139 cm³/mol. The molecule has 3 aromatic rings. The van der Waals surface area contributed by atoms with E-state index in [2.05, 4.69) is 21.8 Å². The Labute approximate surface area is 211 Å². The Hall–Kier alpha value is -3.87. The fraction of sp³-hybridized carbons (Fsp3) is 0.345. The molecular formula is C29H32N4O3. The normalized spacial score (nSPS) is 19.9. The van der Waals surface area contributed by atoms with Gasteiger partial charge in [0.1, 0.15) is 0 Å². The number of aromatic nitrogens is 2. The fourth-order valence-corrected chi connectivity index (χ4v) is 5.44.